The van der Waals surface area contributed by atoms with E-state index >= 15 is 0 Å². The van der Waals surface area contributed by atoms with Crippen LogP contribution in [0.3, 0.4) is 0 Å². The number of anilines is 1. The number of carbonyl (C=O) groups is 1. The van der Waals surface area contributed by atoms with Crippen molar-refractivity contribution in [3.05, 3.63) is 28.2 Å². The van der Waals surface area contributed by atoms with Gasteiger partial charge < -0.3 is 14.7 Å². The van der Waals surface area contributed by atoms with Gasteiger partial charge in [-0.25, -0.2) is 4.79 Å². The maximum absolute atomic E-state index is 11.1. The van der Waals surface area contributed by atoms with E-state index in [1.165, 1.54) is 0 Å². The summed E-state index contributed by atoms with van der Waals surface area (Å²) in [5.41, 5.74) is 1.26. The third kappa shape index (κ3) is 3.96. The zero-order valence-corrected chi connectivity index (χ0v) is 13.2. The monoisotopic (exact) mass is 341 g/mol. The van der Waals surface area contributed by atoms with Crippen LogP contribution in [0.4, 0.5) is 5.69 Å². The van der Waals surface area contributed by atoms with Crippen LogP contribution in [0, 0.1) is 0 Å². The van der Waals surface area contributed by atoms with Crippen molar-refractivity contribution < 1.29 is 14.6 Å². The fraction of sp³-hybridized carbons (Fsp3) is 0.533. The zero-order chi connectivity index (χ0) is 14.5. The topological polar surface area (TPSA) is 49.8 Å². The van der Waals surface area contributed by atoms with E-state index in [4.69, 9.17) is 9.84 Å². The fourth-order valence-corrected chi connectivity index (χ4v) is 2.95. The first kappa shape index (κ1) is 15.3. The summed E-state index contributed by atoms with van der Waals surface area (Å²) in [4.78, 5) is 13.3. The number of nitrogens with zero attached hydrogens (tertiary/aromatic N) is 1. The number of piperidine rings is 1. The number of benzene rings is 1. The standard InChI is InChI=1S/C15H20BrNO3/c1-2-6-20-14-4-3-5-17(10-14)13-8-11(15(18)19)7-12(16)9-13/h7-9,14H,2-6,10H2,1H3,(H,18,19). The van der Waals surface area contributed by atoms with Gasteiger partial charge in [0.25, 0.3) is 0 Å². The lowest BCUT2D eigenvalue weighted by Gasteiger charge is -2.34. The molecule has 0 bridgehead atoms. The first-order chi connectivity index (χ1) is 9.60. The molecule has 20 heavy (non-hydrogen) atoms. The van der Waals surface area contributed by atoms with E-state index in [0.717, 1.165) is 49.1 Å². The average molecular weight is 342 g/mol. The quantitative estimate of drug-likeness (QED) is 0.889. The Labute approximate surface area is 127 Å². The molecule has 110 valence electrons. The van der Waals surface area contributed by atoms with Crippen molar-refractivity contribution in [3.8, 4) is 0 Å². The molecule has 1 unspecified atom stereocenters. The van der Waals surface area contributed by atoms with E-state index in [1.807, 2.05) is 6.07 Å². The molecule has 1 N–H and O–H groups in total. The first-order valence-corrected chi connectivity index (χ1v) is 7.80. The minimum atomic E-state index is -0.900. The lowest BCUT2D eigenvalue weighted by atomic mass is 10.1. The summed E-state index contributed by atoms with van der Waals surface area (Å²) in [5, 5.41) is 9.14. The van der Waals surface area contributed by atoms with Gasteiger partial charge in [0.05, 0.1) is 11.7 Å². The van der Waals surface area contributed by atoms with Gasteiger partial charge in [0, 0.05) is 29.9 Å². The minimum absolute atomic E-state index is 0.246. The van der Waals surface area contributed by atoms with E-state index in [1.54, 1.807) is 12.1 Å². The molecule has 1 aliphatic rings. The van der Waals surface area contributed by atoms with Crippen molar-refractivity contribution in [1.82, 2.24) is 0 Å². The number of hydrogen-bond donors (Lipinski definition) is 1. The van der Waals surface area contributed by atoms with Crippen molar-refractivity contribution in [2.75, 3.05) is 24.6 Å². The Hall–Kier alpha value is -1.07. The number of rotatable bonds is 5. The Morgan fingerprint density at radius 2 is 2.30 bits per heavy atom. The highest BCUT2D eigenvalue weighted by atomic mass is 79.9. The van der Waals surface area contributed by atoms with E-state index in [2.05, 4.69) is 27.8 Å². The highest BCUT2D eigenvalue weighted by Gasteiger charge is 2.21. The van der Waals surface area contributed by atoms with Crippen molar-refractivity contribution in [1.29, 1.82) is 0 Å². The molecule has 1 aromatic carbocycles. The molecule has 0 aromatic heterocycles. The van der Waals surface area contributed by atoms with Crippen LogP contribution in [-0.4, -0.2) is 36.9 Å². The molecule has 4 nitrogen and oxygen atoms in total. The number of aromatic carboxylic acids is 1. The van der Waals surface area contributed by atoms with Crippen LogP contribution in [0.15, 0.2) is 22.7 Å². The Morgan fingerprint density at radius 3 is 3.00 bits per heavy atom. The van der Waals surface area contributed by atoms with Crippen LogP contribution < -0.4 is 4.90 Å². The van der Waals surface area contributed by atoms with Gasteiger partial charge in [-0.05, 0) is 37.5 Å². The SMILES string of the molecule is CCCOC1CCCN(c2cc(Br)cc(C(=O)O)c2)C1. The molecule has 0 amide bonds. The molecule has 0 radical (unpaired) electrons. The van der Waals surface area contributed by atoms with Crippen molar-refractivity contribution in [2.24, 2.45) is 0 Å². The molecule has 1 aromatic rings. The van der Waals surface area contributed by atoms with Gasteiger partial charge in [-0.2, -0.15) is 0 Å². The van der Waals surface area contributed by atoms with Gasteiger partial charge in [-0.15, -0.1) is 0 Å². The number of halogens is 1. The third-order valence-electron chi connectivity index (χ3n) is 3.43. The van der Waals surface area contributed by atoms with Crippen LogP contribution in [-0.2, 0) is 4.74 Å². The molecule has 0 saturated carbocycles. The minimum Gasteiger partial charge on any atom is -0.478 e. The Kier molecular flexibility index (Phi) is 5.43. The molecular formula is C15H20BrNO3. The number of ether oxygens (including phenoxy) is 1. The Bertz CT molecular complexity index is 478. The van der Waals surface area contributed by atoms with Gasteiger partial charge in [-0.1, -0.05) is 22.9 Å². The number of hydrogen-bond acceptors (Lipinski definition) is 3. The van der Waals surface area contributed by atoms with Gasteiger partial charge in [0.2, 0.25) is 0 Å². The van der Waals surface area contributed by atoms with Crippen LogP contribution in [0.2, 0.25) is 0 Å². The predicted molar refractivity (Wildman–Crippen MR) is 82.6 cm³/mol. The summed E-state index contributed by atoms with van der Waals surface area (Å²) in [7, 11) is 0. The summed E-state index contributed by atoms with van der Waals surface area (Å²) in [6.07, 6.45) is 3.42. The summed E-state index contributed by atoms with van der Waals surface area (Å²) < 4.78 is 6.62. The summed E-state index contributed by atoms with van der Waals surface area (Å²) in [5.74, 6) is -0.900. The molecular weight excluding hydrogens is 322 g/mol. The van der Waals surface area contributed by atoms with Crippen LogP contribution in [0.5, 0.6) is 0 Å². The molecule has 1 fully saturated rings. The van der Waals surface area contributed by atoms with Crippen molar-refractivity contribution >= 4 is 27.6 Å². The van der Waals surface area contributed by atoms with Gasteiger partial charge in [0.1, 0.15) is 0 Å². The van der Waals surface area contributed by atoms with Gasteiger partial charge >= 0.3 is 5.97 Å². The summed E-state index contributed by atoms with van der Waals surface area (Å²) >= 11 is 3.38. The number of carboxylic acids is 1. The maximum Gasteiger partial charge on any atom is 0.335 e. The molecule has 1 heterocycles. The highest BCUT2D eigenvalue weighted by Crippen LogP contribution is 2.26. The maximum atomic E-state index is 11.1. The molecule has 0 aliphatic carbocycles. The predicted octanol–water partition coefficient (Wildman–Crippen LogP) is 3.54. The Balaban J connectivity index is 2.12. The largest absolute Gasteiger partial charge is 0.478 e. The van der Waals surface area contributed by atoms with Crippen LogP contribution in [0.25, 0.3) is 0 Å². The second-order valence-corrected chi connectivity index (χ2v) is 6.00. The molecule has 1 saturated heterocycles. The third-order valence-corrected chi connectivity index (χ3v) is 3.89. The lowest BCUT2D eigenvalue weighted by molar-refractivity contribution is 0.0440. The van der Waals surface area contributed by atoms with Crippen molar-refractivity contribution in [3.63, 3.8) is 0 Å². The van der Waals surface area contributed by atoms with E-state index in [9.17, 15) is 4.79 Å². The second-order valence-electron chi connectivity index (χ2n) is 5.08. The average Bonchev–Trinajstić information content (AvgIpc) is 2.44. The fourth-order valence-electron chi connectivity index (χ4n) is 2.47. The van der Waals surface area contributed by atoms with Crippen LogP contribution in [0.1, 0.15) is 36.5 Å². The van der Waals surface area contributed by atoms with E-state index in [0.29, 0.717) is 5.56 Å². The van der Waals surface area contributed by atoms with Crippen molar-refractivity contribution in [2.45, 2.75) is 32.3 Å². The Morgan fingerprint density at radius 1 is 1.50 bits per heavy atom. The molecule has 5 heteroatoms. The highest BCUT2D eigenvalue weighted by molar-refractivity contribution is 9.10. The zero-order valence-electron chi connectivity index (χ0n) is 11.6. The molecule has 2 rings (SSSR count). The molecule has 1 aliphatic heterocycles. The second kappa shape index (κ2) is 7.09. The summed E-state index contributed by atoms with van der Waals surface area (Å²) in [6, 6.07) is 5.32. The normalized spacial score (nSPS) is 19.1. The van der Waals surface area contributed by atoms with Gasteiger partial charge in [-0.3, -0.25) is 0 Å². The first-order valence-electron chi connectivity index (χ1n) is 7.00. The van der Waals surface area contributed by atoms with Gasteiger partial charge in [0.15, 0.2) is 0 Å². The number of carboxylic acid groups (broad SMARTS) is 1. The smallest absolute Gasteiger partial charge is 0.335 e. The molecule has 0 spiro atoms. The van der Waals surface area contributed by atoms with E-state index in [-0.39, 0.29) is 6.10 Å². The lowest BCUT2D eigenvalue weighted by Crippen LogP contribution is -2.39. The molecule has 1 atom stereocenters. The van der Waals surface area contributed by atoms with E-state index < -0.39 is 5.97 Å². The van der Waals surface area contributed by atoms with Crippen LogP contribution >= 0.6 is 15.9 Å². The summed E-state index contributed by atoms with van der Waals surface area (Å²) in [6.45, 7) is 4.67.